The van der Waals surface area contributed by atoms with Gasteiger partial charge in [-0.2, -0.15) is 0 Å². The third-order valence-electron chi connectivity index (χ3n) is 2.44. The first-order chi connectivity index (χ1) is 8.69. The molecule has 1 heterocycles. The Morgan fingerprint density at radius 1 is 1.44 bits per heavy atom. The summed E-state index contributed by atoms with van der Waals surface area (Å²) in [6.07, 6.45) is 0. The van der Waals surface area contributed by atoms with Crippen molar-refractivity contribution < 1.29 is 4.74 Å². The molecule has 0 saturated heterocycles. The average molecular weight is 327 g/mol. The van der Waals surface area contributed by atoms with Crippen molar-refractivity contribution in [2.24, 2.45) is 0 Å². The largest absolute Gasteiger partial charge is 0.487 e. The van der Waals surface area contributed by atoms with Crippen molar-refractivity contribution in [2.75, 3.05) is 7.05 Å². The number of aromatic nitrogens is 1. The molecule has 2 aromatic rings. The van der Waals surface area contributed by atoms with E-state index in [1.165, 1.54) is 0 Å². The third-order valence-corrected chi connectivity index (χ3v) is 3.83. The van der Waals surface area contributed by atoms with Crippen molar-refractivity contribution in [1.29, 1.82) is 0 Å². The van der Waals surface area contributed by atoms with E-state index in [2.05, 4.69) is 26.2 Å². The molecule has 2 rings (SSSR count). The van der Waals surface area contributed by atoms with Gasteiger partial charge in [-0.15, -0.1) is 11.3 Å². The van der Waals surface area contributed by atoms with Crippen LogP contribution in [-0.4, -0.2) is 12.0 Å². The summed E-state index contributed by atoms with van der Waals surface area (Å²) in [4.78, 5) is 4.48. The number of nitrogens with one attached hydrogen (secondary N) is 1. The zero-order valence-corrected chi connectivity index (χ0v) is 12.8. The molecule has 0 bridgehead atoms. The number of aryl methyl sites for hydroxylation is 1. The normalized spacial score (nSPS) is 10.6. The van der Waals surface area contributed by atoms with Crippen LogP contribution in [0.15, 0.2) is 28.1 Å². The molecule has 1 N–H and O–H groups in total. The SMILES string of the molecule is CNCc1nc(COc2ccc(Br)cc2C)cs1. The van der Waals surface area contributed by atoms with Crippen LogP contribution in [0.2, 0.25) is 0 Å². The molecule has 5 heteroatoms. The summed E-state index contributed by atoms with van der Waals surface area (Å²) in [5, 5.41) is 6.22. The highest BCUT2D eigenvalue weighted by Crippen LogP contribution is 2.23. The average Bonchev–Trinajstić information content (AvgIpc) is 2.76. The van der Waals surface area contributed by atoms with E-state index >= 15 is 0 Å². The van der Waals surface area contributed by atoms with Crippen molar-refractivity contribution in [2.45, 2.75) is 20.1 Å². The van der Waals surface area contributed by atoms with E-state index in [0.29, 0.717) is 6.61 Å². The van der Waals surface area contributed by atoms with Gasteiger partial charge in [0.05, 0.1) is 5.69 Å². The van der Waals surface area contributed by atoms with Crippen molar-refractivity contribution in [1.82, 2.24) is 10.3 Å². The van der Waals surface area contributed by atoms with Crippen LogP contribution < -0.4 is 10.1 Å². The Bertz CT molecular complexity index is 527. The topological polar surface area (TPSA) is 34.2 Å². The molecule has 1 aromatic heterocycles. The van der Waals surface area contributed by atoms with E-state index < -0.39 is 0 Å². The van der Waals surface area contributed by atoms with Crippen molar-refractivity contribution in [3.05, 3.63) is 44.3 Å². The second-order valence-electron chi connectivity index (χ2n) is 3.96. The van der Waals surface area contributed by atoms with Gasteiger partial charge in [0.15, 0.2) is 0 Å². The molecule has 1 aromatic carbocycles. The van der Waals surface area contributed by atoms with E-state index in [1.54, 1.807) is 11.3 Å². The zero-order valence-electron chi connectivity index (χ0n) is 10.4. The fraction of sp³-hybridized carbons (Fsp3) is 0.308. The van der Waals surface area contributed by atoms with Crippen LogP contribution in [0.25, 0.3) is 0 Å². The molecule has 18 heavy (non-hydrogen) atoms. The second-order valence-corrected chi connectivity index (χ2v) is 5.82. The van der Waals surface area contributed by atoms with Crippen molar-refractivity contribution in [3.8, 4) is 5.75 Å². The summed E-state index contributed by atoms with van der Waals surface area (Å²) in [6.45, 7) is 3.36. The van der Waals surface area contributed by atoms with Crippen LogP contribution in [0.4, 0.5) is 0 Å². The lowest BCUT2D eigenvalue weighted by molar-refractivity contribution is 0.299. The van der Waals surface area contributed by atoms with Crippen LogP contribution in [0.5, 0.6) is 5.75 Å². The molecular formula is C13H15BrN2OS. The molecule has 0 aliphatic carbocycles. The molecule has 96 valence electrons. The maximum absolute atomic E-state index is 5.77. The Balaban J connectivity index is 1.97. The van der Waals surface area contributed by atoms with Crippen molar-refractivity contribution >= 4 is 27.3 Å². The molecule has 0 aliphatic rings. The fourth-order valence-corrected chi connectivity index (χ4v) is 2.84. The molecule has 0 unspecified atom stereocenters. The summed E-state index contributed by atoms with van der Waals surface area (Å²) in [6, 6.07) is 6.00. The number of halogens is 1. The summed E-state index contributed by atoms with van der Waals surface area (Å²) in [5.74, 6) is 0.904. The lowest BCUT2D eigenvalue weighted by atomic mass is 10.2. The van der Waals surface area contributed by atoms with Crippen LogP contribution in [0.3, 0.4) is 0 Å². The minimum atomic E-state index is 0.517. The van der Waals surface area contributed by atoms with Crippen LogP contribution in [0.1, 0.15) is 16.3 Å². The minimum absolute atomic E-state index is 0.517. The van der Waals surface area contributed by atoms with Gasteiger partial charge < -0.3 is 10.1 Å². The first-order valence-electron chi connectivity index (χ1n) is 5.66. The predicted molar refractivity (Wildman–Crippen MR) is 78.1 cm³/mol. The summed E-state index contributed by atoms with van der Waals surface area (Å²) in [7, 11) is 1.92. The minimum Gasteiger partial charge on any atom is -0.487 e. The van der Waals surface area contributed by atoms with Crippen LogP contribution in [0, 0.1) is 6.92 Å². The first-order valence-corrected chi connectivity index (χ1v) is 7.33. The Hall–Kier alpha value is -0.910. The van der Waals surface area contributed by atoms with E-state index in [-0.39, 0.29) is 0 Å². The highest BCUT2D eigenvalue weighted by atomic mass is 79.9. The molecule has 0 radical (unpaired) electrons. The second kappa shape index (κ2) is 6.31. The quantitative estimate of drug-likeness (QED) is 0.912. The Kier molecular flexibility index (Phi) is 4.74. The third kappa shape index (κ3) is 3.54. The molecule has 0 aliphatic heterocycles. The van der Waals surface area contributed by atoms with Crippen LogP contribution in [-0.2, 0) is 13.2 Å². The fourth-order valence-electron chi connectivity index (χ4n) is 1.57. The van der Waals surface area contributed by atoms with Gasteiger partial charge in [0, 0.05) is 16.4 Å². The summed E-state index contributed by atoms with van der Waals surface area (Å²) < 4.78 is 6.84. The smallest absolute Gasteiger partial charge is 0.131 e. The van der Waals surface area contributed by atoms with Gasteiger partial charge in [-0.3, -0.25) is 0 Å². The standard InChI is InChI=1S/C13H15BrN2OS/c1-9-5-10(14)3-4-12(9)17-7-11-8-18-13(16-11)6-15-2/h3-5,8,15H,6-7H2,1-2H3. The molecule has 0 amide bonds. The molecule has 3 nitrogen and oxygen atoms in total. The Labute approximate surface area is 119 Å². The van der Waals surface area contributed by atoms with Gasteiger partial charge in [0.1, 0.15) is 17.4 Å². The molecule has 0 fully saturated rings. The number of nitrogens with zero attached hydrogens (tertiary/aromatic N) is 1. The van der Waals surface area contributed by atoms with Gasteiger partial charge in [-0.05, 0) is 37.7 Å². The van der Waals surface area contributed by atoms with Gasteiger partial charge >= 0.3 is 0 Å². The molecule has 0 spiro atoms. The number of benzene rings is 1. The monoisotopic (exact) mass is 326 g/mol. The molecular weight excluding hydrogens is 312 g/mol. The number of hydrogen-bond donors (Lipinski definition) is 1. The van der Waals surface area contributed by atoms with E-state index in [1.807, 2.05) is 37.6 Å². The maximum atomic E-state index is 5.77. The maximum Gasteiger partial charge on any atom is 0.131 e. The van der Waals surface area contributed by atoms with E-state index in [0.717, 1.165) is 33.0 Å². The first kappa shape index (κ1) is 13.5. The van der Waals surface area contributed by atoms with E-state index in [9.17, 15) is 0 Å². The van der Waals surface area contributed by atoms with E-state index in [4.69, 9.17) is 4.74 Å². The lowest BCUT2D eigenvalue weighted by Gasteiger charge is -2.07. The Morgan fingerprint density at radius 3 is 3.00 bits per heavy atom. The lowest BCUT2D eigenvalue weighted by Crippen LogP contribution is -2.05. The Morgan fingerprint density at radius 2 is 2.28 bits per heavy atom. The highest BCUT2D eigenvalue weighted by Gasteiger charge is 2.04. The predicted octanol–water partition coefficient (Wildman–Crippen LogP) is 3.51. The number of ether oxygens (including phenoxy) is 1. The van der Waals surface area contributed by atoms with Gasteiger partial charge in [-0.1, -0.05) is 15.9 Å². The number of thiazole rings is 1. The molecule has 0 atom stereocenters. The highest BCUT2D eigenvalue weighted by molar-refractivity contribution is 9.10. The summed E-state index contributed by atoms with van der Waals surface area (Å²) >= 11 is 5.09. The zero-order chi connectivity index (χ0) is 13.0. The van der Waals surface area contributed by atoms with Gasteiger partial charge in [0.25, 0.3) is 0 Å². The number of rotatable bonds is 5. The van der Waals surface area contributed by atoms with Crippen molar-refractivity contribution in [3.63, 3.8) is 0 Å². The molecule has 0 saturated carbocycles. The van der Waals surface area contributed by atoms with Crippen LogP contribution >= 0.6 is 27.3 Å². The number of hydrogen-bond acceptors (Lipinski definition) is 4. The van der Waals surface area contributed by atoms with Gasteiger partial charge in [0.2, 0.25) is 0 Å². The summed E-state index contributed by atoms with van der Waals surface area (Å²) in [5.41, 5.74) is 2.10. The van der Waals surface area contributed by atoms with Gasteiger partial charge in [-0.25, -0.2) is 4.98 Å².